The van der Waals surface area contributed by atoms with Gasteiger partial charge in [0.2, 0.25) is 5.95 Å². The van der Waals surface area contributed by atoms with E-state index >= 15 is 0 Å². The summed E-state index contributed by atoms with van der Waals surface area (Å²) in [6, 6.07) is 7.47. The van der Waals surface area contributed by atoms with E-state index < -0.39 is 10.0 Å². The molecule has 26 heavy (non-hydrogen) atoms. The molecule has 11 heteroatoms. The number of carbonyl (C=O) groups excluding carboxylic acids is 1. The molecule has 1 amide bonds. The maximum Gasteiger partial charge on any atom is 0.264 e. The SMILES string of the molecule is CN=C1NC(=O)C(=Cc2ccc(S(=O)(=O)Nc3ccnc(N)n3)cc2)S1. The van der Waals surface area contributed by atoms with Crippen molar-refractivity contribution in [1.29, 1.82) is 0 Å². The molecule has 9 nitrogen and oxygen atoms in total. The van der Waals surface area contributed by atoms with Crippen molar-refractivity contribution in [1.82, 2.24) is 15.3 Å². The third kappa shape index (κ3) is 4.00. The number of nitrogen functional groups attached to an aromatic ring is 1. The number of hydrogen-bond acceptors (Lipinski definition) is 8. The van der Waals surface area contributed by atoms with E-state index in [0.717, 1.165) is 0 Å². The van der Waals surface area contributed by atoms with Gasteiger partial charge in [-0.25, -0.2) is 13.4 Å². The highest BCUT2D eigenvalue weighted by molar-refractivity contribution is 8.18. The fourth-order valence-electron chi connectivity index (χ4n) is 2.05. The summed E-state index contributed by atoms with van der Waals surface area (Å²) in [7, 11) is -2.23. The monoisotopic (exact) mass is 390 g/mol. The molecule has 0 bridgehead atoms. The molecule has 1 aromatic heterocycles. The van der Waals surface area contributed by atoms with Crippen molar-refractivity contribution in [3.05, 3.63) is 47.0 Å². The highest BCUT2D eigenvalue weighted by Gasteiger charge is 2.23. The Bertz CT molecular complexity index is 1020. The zero-order valence-electron chi connectivity index (χ0n) is 13.5. The van der Waals surface area contributed by atoms with E-state index in [0.29, 0.717) is 15.6 Å². The first-order valence-electron chi connectivity index (χ1n) is 7.26. The molecular formula is C15H14N6O3S2. The summed E-state index contributed by atoms with van der Waals surface area (Å²) in [6.07, 6.45) is 3.01. The standard InChI is InChI=1S/C15H14N6O3S2/c1-17-15-20-13(22)11(25-15)8-9-2-4-10(5-3-9)26(23,24)21-12-6-7-18-14(16)19-12/h2-8H,1H3,(H,17,20,22)(H3,16,18,19,21). The van der Waals surface area contributed by atoms with Crippen LogP contribution in [0.1, 0.15) is 5.56 Å². The fourth-order valence-corrected chi connectivity index (χ4v) is 3.84. The third-order valence-electron chi connectivity index (χ3n) is 3.26. The maximum atomic E-state index is 12.4. The van der Waals surface area contributed by atoms with Crippen molar-refractivity contribution in [2.24, 2.45) is 4.99 Å². The van der Waals surface area contributed by atoms with Gasteiger partial charge in [0.1, 0.15) is 5.82 Å². The Morgan fingerprint density at radius 1 is 1.27 bits per heavy atom. The third-order valence-corrected chi connectivity index (χ3v) is 5.63. The minimum absolute atomic E-state index is 0.0329. The zero-order valence-corrected chi connectivity index (χ0v) is 15.1. The number of aliphatic imine (C=N–C) groups is 1. The summed E-state index contributed by atoms with van der Waals surface area (Å²) in [5.74, 6) is -0.195. The maximum absolute atomic E-state index is 12.4. The van der Waals surface area contributed by atoms with Crippen LogP contribution in [0.4, 0.5) is 11.8 Å². The van der Waals surface area contributed by atoms with E-state index in [1.807, 2.05) is 0 Å². The molecule has 2 heterocycles. The molecule has 0 spiro atoms. The van der Waals surface area contributed by atoms with Gasteiger partial charge >= 0.3 is 0 Å². The number of nitrogens with two attached hydrogens (primary N) is 1. The number of benzene rings is 1. The van der Waals surface area contributed by atoms with Crippen LogP contribution in [0.3, 0.4) is 0 Å². The van der Waals surface area contributed by atoms with Crippen LogP contribution in [0.15, 0.2) is 51.3 Å². The second-order valence-electron chi connectivity index (χ2n) is 5.07. The van der Waals surface area contributed by atoms with Gasteiger partial charge in [0, 0.05) is 13.2 Å². The Kier molecular flexibility index (Phi) is 4.91. The van der Waals surface area contributed by atoms with Crippen LogP contribution in [0.5, 0.6) is 0 Å². The Morgan fingerprint density at radius 3 is 2.62 bits per heavy atom. The average molecular weight is 390 g/mol. The predicted octanol–water partition coefficient (Wildman–Crippen LogP) is 1.05. The van der Waals surface area contributed by atoms with Gasteiger partial charge in [-0.2, -0.15) is 4.98 Å². The Hall–Kier alpha value is -2.92. The van der Waals surface area contributed by atoms with Gasteiger partial charge in [0.15, 0.2) is 5.17 Å². The van der Waals surface area contributed by atoms with Crippen molar-refractivity contribution >= 4 is 50.7 Å². The molecule has 0 radical (unpaired) electrons. The number of nitrogens with one attached hydrogen (secondary N) is 2. The van der Waals surface area contributed by atoms with E-state index in [9.17, 15) is 13.2 Å². The van der Waals surface area contributed by atoms with Gasteiger partial charge < -0.3 is 11.1 Å². The van der Waals surface area contributed by atoms with Crippen LogP contribution >= 0.6 is 11.8 Å². The van der Waals surface area contributed by atoms with E-state index in [1.165, 1.54) is 36.2 Å². The molecule has 1 fully saturated rings. The van der Waals surface area contributed by atoms with Crippen molar-refractivity contribution < 1.29 is 13.2 Å². The number of amidine groups is 1. The number of thioether (sulfide) groups is 1. The quantitative estimate of drug-likeness (QED) is 0.663. The number of sulfonamides is 1. The van der Waals surface area contributed by atoms with Gasteiger partial charge in [-0.1, -0.05) is 12.1 Å². The zero-order chi connectivity index (χ0) is 18.7. The highest BCUT2D eigenvalue weighted by Crippen LogP contribution is 2.26. The lowest BCUT2D eigenvalue weighted by Crippen LogP contribution is -2.19. The lowest BCUT2D eigenvalue weighted by molar-refractivity contribution is -0.115. The van der Waals surface area contributed by atoms with Crippen molar-refractivity contribution in [2.45, 2.75) is 4.90 Å². The van der Waals surface area contributed by atoms with Crippen LogP contribution in [0.25, 0.3) is 6.08 Å². The highest BCUT2D eigenvalue weighted by atomic mass is 32.2. The molecule has 3 rings (SSSR count). The fraction of sp³-hybridized carbons (Fsp3) is 0.0667. The molecule has 0 unspecified atom stereocenters. The van der Waals surface area contributed by atoms with E-state index in [4.69, 9.17) is 5.73 Å². The van der Waals surface area contributed by atoms with Gasteiger partial charge in [0.05, 0.1) is 9.80 Å². The molecule has 1 aliphatic rings. The van der Waals surface area contributed by atoms with Gasteiger partial charge in [-0.15, -0.1) is 0 Å². The topological polar surface area (TPSA) is 139 Å². The molecule has 1 saturated heterocycles. The first kappa shape index (κ1) is 17.9. The number of anilines is 2. The molecular weight excluding hydrogens is 376 g/mol. The predicted molar refractivity (Wildman–Crippen MR) is 101 cm³/mol. The van der Waals surface area contributed by atoms with Gasteiger partial charge in [-0.3, -0.25) is 14.5 Å². The van der Waals surface area contributed by atoms with E-state index in [1.54, 1.807) is 25.3 Å². The molecule has 0 aliphatic carbocycles. The molecule has 4 N–H and O–H groups in total. The first-order valence-corrected chi connectivity index (χ1v) is 9.56. The van der Waals surface area contributed by atoms with Crippen LogP contribution in [-0.2, 0) is 14.8 Å². The minimum Gasteiger partial charge on any atom is -0.368 e. The Balaban J connectivity index is 1.80. The van der Waals surface area contributed by atoms with E-state index in [2.05, 4.69) is 25.0 Å². The molecule has 1 aromatic carbocycles. The van der Waals surface area contributed by atoms with Gasteiger partial charge in [0.25, 0.3) is 15.9 Å². The van der Waals surface area contributed by atoms with Crippen LogP contribution in [0, 0.1) is 0 Å². The summed E-state index contributed by atoms with van der Waals surface area (Å²) in [5.41, 5.74) is 6.12. The smallest absolute Gasteiger partial charge is 0.264 e. The number of amides is 1. The van der Waals surface area contributed by atoms with Crippen molar-refractivity contribution in [2.75, 3.05) is 17.5 Å². The number of aromatic nitrogens is 2. The lowest BCUT2D eigenvalue weighted by Gasteiger charge is -2.07. The summed E-state index contributed by atoms with van der Waals surface area (Å²) >= 11 is 1.22. The molecule has 0 atom stereocenters. The Morgan fingerprint density at radius 2 is 2.00 bits per heavy atom. The average Bonchev–Trinajstić information content (AvgIpc) is 2.95. The Labute approximate surface area is 153 Å². The van der Waals surface area contributed by atoms with E-state index in [-0.39, 0.29) is 22.6 Å². The summed E-state index contributed by atoms with van der Waals surface area (Å²) in [4.78, 5) is 23.8. The number of nitrogens with zero attached hydrogens (tertiary/aromatic N) is 3. The normalized spacial score (nSPS) is 17.5. The number of carbonyl (C=O) groups is 1. The molecule has 2 aromatic rings. The molecule has 134 valence electrons. The largest absolute Gasteiger partial charge is 0.368 e. The molecule has 0 saturated carbocycles. The first-order chi connectivity index (χ1) is 12.4. The van der Waals surface area contributed by atoms with Gasteiger partial charge in [-0.05, 0) is 41.6 Å². The summed E-state index contributed by atoms with van der Waals surface area (Å²) < 4.78 is 27.1. The summed E-state index contributed by atoms with van der Waals surface area (Å²) in [6.45, 7) is 0. The minimum atomic E-state index is -3.82. The number of hydrogen-bond donors (Lipinski definition) is 3. The van der Waals surface area contributed by atoms with Crippen molar-refractivity contribution in [3.63, 3.8) is 0 Å². The second kappa shape index (κ2) is 7.14. The van der Waals surface area contributed by atoms with Crippen LogP contribution < -0.4 is 15.8 Å². The van der Waals surface area contributed by atoms with Crippen molar-refractivity contribution in [3.8, 4) is 0 Å². The van der Waals surface area contributed by atoms with Crippen LogP contribution in [0.2, 0.25) is 0 Å². The molecule has 1 aliphatic heterocycles. The summed E-state index contributed by atoms with van der Waals surface area (Å²) in [5, 5.41) is 3.14. The van der Waals surface area contributed by atoms with Crippen LogP contribution in [-0.4, -0.2) is 36.5 Å². The number of rotatable bonds is 4. The second-order valence-corrected chi connectivity index (χ2v) is 7.78. The lowest BCUT2D eigenvalue weighted by atomic mass is 10.2.